The summed E-state index contributed by atoms with van der Waals surface area (Å²) < 4.78 is 0. The van der Waals surface area contributed by atoms with Gasteiger partial charge in [-0.15, -0.1) is 0 Å². The van der Waals surface area contributed by atoms with Crippen molar-refractivity contribution in [1.82, 2.24) is 10.2 Å². The number of hydrogen-bond donors (Lipinski definition) is 1. The lowest BCUT2D eigenvalue weighted by molar-refractivity contribution is -0.141. The summed E-state index contributed by atoms with van der Waals surface area (Å²) in [5.41, 5.74) is 4.28. The molecule has 0 aromatic heterocycles. The quantitative estimate of drug-likeness (QED) is 0.621. The van der Waals surface area contributed by atoms with E-state index >= 15 is 0 Å². The van der Waals surface area contributed by atoms with E-state index in [9.17, 15) is 9.59 Å². The van der Waals surface area contributed by atoms with Crippen LogP contribution in [0, 0.1) is 6.92 Å². The van der Waals surface area contributed by atoms with Gasteiger partial charge in [0.05, 0.1) is 0 Å². The Morgan fingerprint density at radius 1 is 0.903 bits per heavy atom. The number of nitrogens with zero attached hydrogens (tertiary/aromatic N) is 1. The monoisotopic (exact) mass is 422 g/mol. The van der Waals surface area contributed by atoms with Crippen LogP contribution in [0.2, 0.25) is 0 Å². The Morgan fingerprint density at radius 3 is 1.97 bits per heavy atom. The molecule has 0 spiro atoms. The molecule has 0 bridgehead atoms. The largest absolute Gasteiger partial charge is 0.350 e. The zero-order valence-corrected chi connectivity index (χ0v) is 20.2. The summed E-state index contributed by atoms with van der Waals surface area (Å²) in [6, 6.07) is 16.0. The molecule has 0 saturated heterocycles. The SMILES string of the molecule is Cc1ccc(CN(C(=O)CCc2ccc(C(C)C)cc2)C(C)C(=O)NC(C)(C)C)cc1. The first-order valence-electron chi connectivity index (χ1n) is 11.2. The summed E-state index contributed by atoms with van der Waals surface area (Å²) in [6.07, 6.45) is 1.04. The highest BCUT2D eigenvalue weighted by atomic mass is 16.2. The molecule has 1 N–H and O–H groups in total. The summed E-state index contributed by atoms with van der Waals surface area (Å²) in [7, 11) is 0. The van der Waals surface area contributed by atoms with Crippen LogP contribution in [0.5, 0.6) is 0 Å². The van der Waals surface area contributed by atoms with Crippen molar-refractivity contribution in [2.45, 2.75) is 85.4 Å². The van der Waals surface area contributed by atoms with E-state index in [2.05, 4.69) is 43.4 Å². The fourth-order valence-electron chi connectivity index (χ4n) is 3.41. The number of carbonyl (C=O) groups is 2. The number of rotatable bonds is 8. The van der Waals surface area contributed by atoms with Crippen molar-refractivity contribution in [3.63, 3.8) is 0 Å². The molecule has 31 heavy (non-hydrogen) atoms. The molecule has 2 aromatic rings. The van der Waals surface area contributed by atoms with E-state index in [1.165, 1.54) is 11.1 Å². The number of amides is 2. The summed E-state index contributed by atoms with van der Waals surface area (Å²) in [5.74, 6) is 0.349. The second-order valence-corrected chi connectivity index (χ2v) is 9.82. The van der Waals surface area contributed by atoms with Gasteiger partial charge in [0.1, 0.15) is 6.04 Å². The van der Waals surface area contributed by atoms with Crippen molar-refractivity contribution in [2.24, 2.45) is 0 Å². The fourth-order valence-corrected chi connectivity index (χ4v) is 3.41. The average Bonchev–Trinajstić information content (AvgIpc) is 2.70. The van der Waals surface area contributed by atoms with Crippen molar-refractivity contribution >= 4 is 11.8 Å². The Labute approximate surface area is 188 Å². The second-order valence-electron chi connectivity index (χ2n) is 9.82. The van der Waals surface area contributed by atoms with E-state index in [0.717, 1.165) is 11.1 Å². The van der Waals surface area contributed by atoms with Crippen LogP contribution < -0.4 is 5.32 Å². The zero-order chi connectivity index (χ0) is 23.2. The number of aryl methyl sites for hydroxylation is 2. The lowest BCUT2D eigenvalue weighted by Gasteiger charge is -2.31. The van der Waals surface area contributed by atoms with Crippen LogP contribution in [0.25, 0.3) is 0 Å². The third-order valence-electron chi connectivity index (χ3n) is 5.41. The second kappa shape index (κ2) is 10.6. The van der Waals surface area contributed by atoms with Gasteiger partial charge in [-0.1, -0.05) is 67.9 Å². The smallest absolute Gasteiger partial charge is 0.242 e. The standard InChI is InChI=1S/C27H38N2O2/c1-19(2)24-15-12-22(13-16-24)14-17-25(30)29(18-23-10-8-20(3)9-11-23)21(4)26(31)28-27(5,6)7/h8-13,15-16,19,21H,14,17-18H2,1-7H3,(H,28,31). The normalized spacial score (nSPS) is 12.5. The number of carbonyl (C=O) groups excluding carboxylic acids is 2. The maximum absolute atomic E-state index is 13.2. The molecule has 0 aliphatic heterocycles. The molecule has 2 amide bonds. The predicted octanol–water partition coefficient (Wildman–Crippen LogP) is 5.38. The lowest BCUT2D eigenvalue weighted by atomic mass is 10.00. The summed E-state index contributed by atoms with van der Waals surface area (Å²) in [5, 5.41) is 3.01. The Kier molecular flexibility index (Phi) is 8.43. The minimum Gasteiger partial charge on any atom is -0.350 e. The van der Waals surface area contributed by atoms with Crippen molar-refractivity contribution in [3.05, 3.63) is 70.8 Å². The Hall–Kier alpha value is -2.62. The third-order valence-corrected chi connectivity index (χ3v) is 5.41. The van der Waals surface area contributed by atoms with Crippen LogP contribution in [-0.4, -0.2) is 28.3 Å². The van der Waals surface area contributed by atoms with Crippen LogP contribution in [0.4, 0.5) is 0 Å². The van der Waals surface area contributed by atoms with E-state index < -0.39 is 6.04 Å². The van der Waals surface area contributed by atoms with E-state index in [1.54, 1.807) is 4.90 Å². The Morgan fingerprint density at radius 2 is 1.45 bits per heavy atom. The van der Waals surface area contributed by atoms with Gasteiger partial charge in [0.15, 0.2) is 0 Å². The van der Waals surface area contributed by atoms with Crippen LogP contribution in [0.3, 0.4) is 0 Å². The van der Waals surface area contributed by atoms with Crippen LogP contribution in [0.15, 0.2) is 48.5 Å². The van der Waals surface area contributed by atoms with Gasteiger partial charge in [0.25, 0.3) is 0 Å². The molecule has 0 saturated carbocycles. The molecule has 2 rings (SSSR count). The van der Waals surface area contributed by atoms with Crippen LogP contribution in [0.1, 0.15) is 76.1 Å². The van der Waals surface area contributed by atoms with Crippen molar-refractivity contribution in [1.29, 1.82) is 0 Å². The fraction of sp³-hybridized carbons (Fsp3) is 0.481. The minimum atomic E-state index is -0.545. The zero-order valence-electron chi connectivity index (χ0n) is 20.2. The summed E-state index contributed by atoms with van der Waals surface area (Å²) in [6.45, 7) is 14.5. The molecule has 168 valence electrons. The van der Waals surface area contributed by atoms with E-state index in [4.69, 9.17) is 0 Å². The molecule has 4 nitrogen and oxygen atoms in total. The maximum atomic E-state index is 13.2. The van der Waals surface area contributed by atoms with Crippen molar-refractivity contribution in [3.8, 4) is 0 Å². The van der Waals surface area contributed by atoms with Gasteiger partial charge in [-0.3, -0.25) is 9.59 Å². The van der Waals surface area contributed by atoms with Gasteiger partial charge in [0, 0.05) is 18.5 Å². The molecule has 0 aliphatic carbocycles. The molecular weight excluding hydrogens is 384 g/mol. The molecule has 1 atom stereocenters. The number of hydrogen-bond acceptors (Lipinski definition) is 2. The van der Waals surface area contributed by atoms with Crippen molar-refractivity contribution < 1.29 is 9.59 Å². The maximum Gasteiger partial charge on any atom is 0.242 e. The minimum absolute atomic E-state index is 0.00919. The van der Waals surface area contributed by atoms with Gasteiger partial charge in [-0.25, -0.2) is 0 Å². The topological polar surface area (TPSA) is 49.4 Å². The van der Waals surface area contributed by atoms with Gasteiger partial charge < -0.3 is 10.2 Å². The molecule has 1 unspecified atom stereocenters. The van der Waals surface area contributed by atoms with Crippen LogP contribution >= 0.6 is 0 Å². The van der Waals surface area contributed by atoms with Crippen LogP contribution in [-0.2, 0) is 22.6 Å². The first-order chi connectivity index (χ1) is 14.5. The molecule has 2 aromatic carbocycles. The molecule has 4 heteroatoms. The molecule has 0 radical (unpaired) electrons. The van der Waals surface area contributed by atoms with E-state index in [0.29, 0.717) is 25.3 Å². The van der Waals surface area contributed by atoms with E-state index in [-0.39, 0.29) is 17.4 Å². The van der Waals surface area contributed by atoms with Gasteiger partial charge >= 0.3 is 0 Å². The third kappa shape index (κ3) is 7.86. The summed E-state index contributed by atoms with van der Waals surface area (Å²) in [4.78, 5) is 27.7. The number of benzene rings is 2. The first kappa shape index (κ1) is 24.6. The highest BCUT2D eigenvalue weighted by Gasteiger charge is 2.28. The predicted molar refractivity (Wildman–Crippen MR) is 128 cm³/mol. The lowest BCUT2D eigenvalue weighted by Crippen LogP contribution is -2.52. The molecule has 0 fully saturated rings. The Balaban J connectivity index is 2.14. The summed E-state index contributed by atoms with van der Waals surface area (Å²) >= 11 is 0. The molecular formula is C27H38N2O2. The first-order valence-corrected chi connectivity index (χ1v) is 11.2. The van der Waals surface area contributed by atoms with Gasteiger partial charge in [0.2, 0.25) is 11.8 Å². The number of nitrogens with one attached hydrogen (secondary N) is 1. The molecule has 0 heterocycles. The Bertz CT molecular complexity index is 862. The van der Waals surface area contributed by atoms with Crippen molar-refractivity contribution in [2.75, 3.05) is 0 Å². The van der Waals surface area contributed by atoms with Gasteiger partial charge in [-0.05, 0) is 63.6 Å². The average molecular weight is 423 g/mol. The van der Waals surface area contributed by atoms with Gasteiger partial charge in [-0.2, -0.15) is 0 Å². The highest BCUT2D eigenvalue weighted by molar-refractivity contribution is 5.87. The highest BCUT2D eigenvalue weighted by Crippen LogP contribution is 2.17. The molecule has 0 aliphatic rings. The van der Waals surface area contributed by atoms with E-state index in [1.807, 2.05) is 58.9 Å².